The third kappa shape index (κ3) is 74.3. The molecule has 590 valence electrons. The molecule has 19 heteroatoms. The average molecular weight is 1480 g/mol. The molecule has 102 heavy (non-hydrogen) atoms. The first-order chi connectivity index (χ1) is 49.7. The second-order valence-corrected chi connectivity index (χ2v) is 29.9. The highest BCUT2D eigenvalue weighted by molar-refractivity contribution is 7.47. The van der Waals surface area contributed by atoms with Crippen LogP contribution in [0.3, 0.4) is 0 Å². The molecule has 0 aromatic carbocycles. The fraction of sp³-hybridized carbons (Fsp3) is 0.759. The lowest BCUT2D eigenvalue weighted by Crippen LogP contribution is -2.30. The molecule has 0 aliphatic rings. The minimum Gasteiger partial charge on any atom is -0.462 e. The Morgan fingerprint density at radius 3 is 0.843 bits per heavy atom. The van der Waals surface area contributed by atoms with E-state index < -0.39 is 97.5 Å². The number of hydrogen-bond acceptors (Lipinski definition) is 15. The summed E-state index contributed by atoms with van der Waals surface area (Å²) >= 11 is 0. The summed E-state index contributed by atoms with van der Waals surface area (Å²) in [6, 6.07) is 0. The average Bonchev–Trinajstić information content (AvgIpc) is 0.908. The highest BCUT2D eigenvalue weighted by atomic mass is 31.2. The molecule has 0 radical (unpaired) electrons. The van der Waals surface area contributed by atoms with Gasteiger partial charge in [-0.25, -0.2) is 9.13 Å². The van der Waals surface area contributed by atoms with Gasteiger partial charge in [0.15, 0.2) is 12.2 Å². The molecule has 5 atom stereocenters. The van der Waals surface area contributed by atoms with E-state index in [1.807, 2.05) is 12.2 Å². The quantitative estimate of drug-likeness (QED) is 0.0169. The van der Waals surface area contributed by atoms with Gasteiger partial charge in [-0.2, -0.15) is 0 Å². The standard InChI is InChI=1S/C83H146O17P2/c1-5-9-13-17-21-25-29-33-35-37-38-40-41-45-48-52-56-60-64-68-81(86)94-74-79(100-83(88)70-66-62-58-54-50-46-42-39-36-34-30-26-22-18-14-10-6-2)76-98-102(91,92)96-72-77(84)71-95-101(89,90)97-75-78(99-82(87)69-65-61-57-53-49-44-32-28-24-20-16-12-8-4)73-93-80(85)67-63-59-55-51-47-43-31-27-23-19-15-11-7-3/h10,14,21-22,25-26,33-36,38,40,42,46,54,58,77-79,84H,5-9,11-13,15-20,23-24,27-32,37,39,41,43-45,47-53,55-57,59-76H2,1-4H3,(H,89,90)(H,91,92)/b14-10-,25-21-,26-22-,35-33-,36-34-,40-38-,46-42-,58-54-. The zero-order chi connectivity index (χ0) is 74.6. The summed E-state index contributed by atoms with van der Waals surface area (Å²) in [6.45, 7) is 4.70. The molecule has 5 unspecified atom stereocenters. The van der Waals surface area contributed by atoms with E-state index in [9.17, 15) is 43.2 Å². The zero-order valence-electron chi connectivity index (χ0n) is 64.5. The lowest BCUT2D eigenvalue weighted by atomic mass is 10.0. The van der Waals surface area contributed by atoms with Gasteiger partial charge < -0.3 is 33.8 Å². The smallest absolute Gasteiger partial charge is 0.462 e. The second kappa shape index (κ2) is 75.2. The fourth-order valence-electron chi connectivity index (χ4n) is 10.9. The minimum absolute atomic E-state index is 0.0139. The predicted molar refractivity (Wildman–Crippen MR) is 418 cm³/mol. The number of allylic oxidation sites excluding steroid dienone is 16. The molecule has 0 spiro atoms. The number of esters is 4. The summed E-state index contributed by atoms with van der Waals surface area (Å²) in [6.07, 6.45) is 79.6. The summed E-state index contributed by atoms with van der Waals surface area (Å²) in [5.74, 6) is -2.23. The van der Waals surface area contributed by atoms with E-state index in [0.717, 1.165) is 135 Å². The Morgan fingerprint density at radius 2 is 0.520 bits per heavy atom. The first kappa shape index (κ1) is 98.0. The molecule has 0 saturated carbocycles. The maximum atomic E-state index is 13.1. The van der Waals surface area contributed by atoms with Crippen molar-refractivity contribution in [3.05, 3.63) is 97.2 Å². The van der Waals surface area contributed by atoms with E-state index >= 15 is 0 Å². The molecule has 0 aromatic rings. The van der Waals surface area contributed by atoms with Gasteiger partial charge in [-0.1, -0.05) is 318 Å². The molecule has 0 saturated heterocycles. The molecule has 0 aliphatic heterocycles. The van der Waals surface area contributed by atoms with Crippen LogP contribution in [0.5, 0.6) is 0 Å². The zero-order valence-corrected chi connectivity index (χ0v) is 66.3. The van der Waals surface area contributed by atoms with Crippen molar-refractivity contribution >= 4 is 39.5 Å². The number of rotatable bonds is 76. The molecule has 0 fully saturated rings. The molecule has 0 aliphatic carbocycles. The van der Waals surface area contributed by atoms with Crippen LogP contribution >= 0.6 is 15.6 Å². The summed E-state index contributed by atoms with van der Waals surface area (Å²) in [4.78, 5) is 73.0. The van der Waals surface area contributed by atoms with Crippen molar-refractivity contribution in [2.45, 2.75) is 367 Å². The van der Waals surface area contributed by atoms with E-state index in [1.165, 1.54) is 128 Å². The summed E-state index contributed by atoms with van der Waals surface area (Å²) in [5.41, 5.74) is 0. The lowest BCUT2D eigenvalue weighted by Gasteiger charge is -2.21. The van der Waals surface area contributed by atoms with E-state index in [-0.39, 0.29) is 25.7 Å². The molecular weight excluding hydrogens is 1330 g/mol. The van der Waals surface area contributed by atoms with Crippen LogP contribution in [0.15, 0.2) is 97.2 Å². The number of unbranched alkanes of at least 4 members (excludes halogenated alkanes) is 34. The van der Waals surface area contributed by atoms with Gasteiger partial charge in [-0.3, -0.25) is 37.3 Å². The fourth-order valence-corrected chi connectivity index (χ4v) is 12.5. The summed E-state index contributed by atoms with van der Waals surface area (Å²) < 4.78 is 68.6. The van der Waals surface area contributed by atoms with Gasteiger partial charge in [0, 0.05) is 25.7 Å². The van der Waals surface area contributed by atoms with Crippen molar-refractivity contribution in [2.24, 2.45) is 0 Å². The highest BCUT2D eigenvalue weighted by Gasteiger charge is 2.30. The van der Waals surface area contributed by atoms with E-state index in [0.29, 0.717) is 32.1 Å². The number of aliphatic hydroxyl groups is 1. The topological polar surface area (TPSA) is 237 Å². The Hall–Kier alpha value is -4.02. The first-order valence-electron chi connectivity index (χ1n) is 40.5. The first-order valence-corrected chi connectivity index (χ1v) is 43.5. The van der Waals surface area contributed by atoms with E-state index in [2.05, 4.69) is 113 Å². The highest BCUT2D eigenvalue weighted by Crippen LogP contribution is 2.45. The number of carbonyl (C=O) groups is 4. The van der Waals surface area contributed by atoms with Gasteiger partial charge in [0.25, 0.3) is 0 Å². The third-order valence-electron chi connectivity index (χ3n) is 17.1. The molecule has 3 N–H and O–H groups in total. The van der Waals surface area contributed by atoms with Gasteiger partial charge in [-0.05, 0) is 103 Å². The molecular formula is C83H146O17P2. The summed E-state index contributed by atoms with van der Waals surface area (Å²) in [7, 11) is -9.97. The largest absolute Gasteiger partial charge is 0.472 e. The number of hydrogen-bond donors (Lipinski definition) is 3. The van der Waals surface area contributed by atoms with Crippen molar-refractivity contribution in [1.82, 2.24) is 0 Å². The Kier molecular flexibility index (Phi) is 72.3. The molecule has 0 amide bonds. The SMILES string of the molecule is CC/C=C\C/C=C\C/C=C\C/C=C\C/C=C\CCCC(=O)OC(COC(=O)CCCCCCCC/C=C\C/C=C\C/C=C\CCCCC)COP(=O)(O)OCC(O)COP(=O)(O)OCC(COC(=O)CCCCCCCCCCCCCCC)OC(=O)CCCCCCCCCCCCCCC. The van der Waals surface area contributed by atoms with Crippen LogP contribution in [0.1, 0.15) is 349 Å². The predicted octanol–water partition coefficient (Wildman–Crippen LogP) is 23.6. The molecule has 17 nitrogen and oxygen atoms in total. The monoisotopic (exact) mass is 1480 g/mol. The molecule has 0 rings (SSSR count). The molecule has 0 heterocycles. The van der Waals surface area contributed by atoms with Gasteiger partial charge >= 0.3 is 39.5 Å². The Bertz CT molecular complexity index is 2310. The third-order valence-corrected chi connectivity index (χ3v) is 19.0. The number of carbonyl (C=O) groups excluding carboxylic acids is 4. The maximum Gasteiger partial charge on any atom is 0.472 e. The van der Waals surface area contributed by atoms with Crippen LogP contribution in [0, 0.1) is 0 Å². The van der Waals surface area contributed by atoms with Gasteiger partial charge in [0.05, 0.1) is 26.4 Å². The van der Waals surface area contributed by atoms with Crippen LogP contribution in [0.2, 0.25) is 0 Å². The van der Waals surface area contributed by atoms with Crippen molar-refractivity contribution in [1.29, 1.82) is 0 Å². The number of phosphoric ester groups is 2. The number of ether oxygens (including phenoxy) is 4. The van der Waals surface area contributed by atoms with Crippen molar-refractivity contribution in [3.63, 3.8) is 0 Å². The Balaban J connectivity index is 5.39. The van der Waals surface area contributed by atoms with Crippen LogP contribution in [0.4, 0.5) is 0 Å². The van der Waals surface area contributed by atoms with Crippen molar-refractivity contribution < 1.29 is 80.2 Å². The van der Waals surface area contributed by atoms with E-state index in [4.69, 9.17) is 37.0 Å². The maximum absolute atomic E-state index is 13.1. The lowest BCUT2D eigenvalue weighted by molar-refractivity contribution is -0.161. The van der Waals surface area contributed by atoms with Crippen molar-refractivity contribution in [2.75, 3.05) is 39.6 Å². The van der Waals surface area contributed by atoms with Crippen LogP contribution in [0.25, 0.3) is 0 Å². The normalized spacial score (nSPS) is 14.4. The van der Waals surface area contributed by atoms with Gasteiger partial charge in [0.2, 0.25) is 0 Å². The number of phosphoric acid groups is 2. The minimum atomic E-state index is -4.99. The molecule has 0 bridgehead atoms. The van der Waals surface area contributed by atoms with Crippen LogP contribution < -0.4 is 0 Å². The van der Waals surface area contributed by atoms with Gasteiger partial charge in [-0.15, -0.1) is 0 Å². The van der Waals surface area contributed by atoms with Crippen LogP contribution in [-0.4, -0.2) is 96.7 Å². The second-order valence-electron chi connectivity index (χ2n) is 27.0. The van der Waals surface area contributed by atoms with Gasteiger partial charge in [0.1, 0.15) is 19.3 Å². The number of aliphatic hydroxyl groups excluding tert-OH is 1. The molecule has 0 aromatic heterocycles. The van der Waals surface area contributed by atoms with Crippen molar-refractivity contribution in [3.8, 4) is 0 Å². The Morgan fingerprint density at radius 1 is 0.284 bits per heavy atom. The summed E-state index contributed by atoms with van der Waals surface area (Å²) in [5, 5.41) is 10.6. The van der Waals surface area contributed by atoms with E-state index in [1.54, 1.807) is 0 Å². The van der Waals surface area contributed by atoms with Crippen LogP contribution in [-0.2, 0) is 65.4 Å². The Labute approximate surface area is 620 Å².